The van der Waals surface area contributed by atoms with Gasteiger partial charge in [0.15, 0.2) is 0 Å². The number of aromatic amines is 1. The van der Waals surface area contributed by atoms with Crippen LogP contribution in [-0.2, 0) is 19.5 Å². The summed E-state index contributed by atoms with van der Waals surface area (Å²) in [6, 6.07) is 11.0. The van der Waals surface area contributed by atoms with Gasteiger partial charge in [0.2, 0.25) is 5.56 Å². The van der Waals surface area contributed by atoms with E-state index in [1.807, 2.05) is 30.3 Å². The summed E-state index contributed by atoms with van der Waals surface area (Å²) in [7, 11) is 0. The van der Waals surface area contributed by atoms with Crippen LogP contribution in [-0.4, -0.2) is 4.98 Å². The van der Waals surface area contributed by atoms with Gasteiger partial charge in [-0.2, -0.15) is 0 Å². The third-order valence-electron chi connectivity index (χ3n) is 1.63. The van der Waals surface area contributed by atoms with Crippen molar-refractivity contribution in [3.05, 3.63) is 46.8 Å². The van der Waals surface area contributed by atoms with Gasteiger partial charge in [-0.05, 0) is 17.5 Å². The Kier molecular flexibility index (Phi) is 8.03. The van der Waals surface area contributed by atoms with Gasteiger partial charge in [0, 0.05) is 11.6 Å². The Labute approximate surface area is 107 Å². The second-order valence-corrected chi connectivity index (χ2v) is 2.41. The van der Waals surface area contributed by atoms with Crippen LogP contribution in [0.4, 0.5) is 0 Å². The molecule has 0 aliphatic rings. The Morgan fingerprint density at radius 2 is 1.57 bits per heavy atom. The van der Waals surface area contributed by atoms with Crippen LogP contribution in [0, 0.1) is 0 Å². The van der Waals surface area contributed by atoms with Crippen molar-refractivity contribution < 1.29 is 44.3 Å². The first-order valence-electron chi connectivity index (χ1n) is 3.44. The quantitative estimate of drug-likeness (QED) is 0.486. The number of rotatable bonds is 0. The molecule has 0 fully saturated rings. The second-order valence-electron chi connectivity index (χ2n) is 2.41. The van der Waals surface area contributed by atoms with Crippen molar-refractivity contribution in [3.8, 4) is 0 Å². The van der Waals surface area contributed by atoms with E-state index in [9.17, 15) is 4.79 Å². The van der Waals surface area contributed by atoms with Crippen LogP contribution < -0.4 is 30.4 Å². The van der Waals surface area contributed by atoms with Crippen LogP contribution in [0.2, 0.25) is 0 Å². The van der Waals surface area contributed by atoms with E-state index in [1.54, 1.807) is 0 Å². The topological polar surface area (TPSA) is 32.9 Å². The van der Waals surface area contributed by atoms with Crippen LogP contribution in [0.1, 0.15) is 0 Å². The van der Waals surface area contributed by atoms with E-state index in [0.29, 0.717) is 0 Å². The zero-order chi connectivity index (χ0) is 7.68. The van der Waals surface area contributed by atoms with Crippen LogP contribution in [0.25, 0.3) is 10.9 Å². The number of aromatic nitrogens is 1. The van der Waals surface area contributed by atoms with Gasteiger partial charge in [-0.1, -0.05) is 18.2 Å². The second kappa shape index (κ2) is 7.00. The standard InChI is InChI=1S/C9H7NO.2ClH.Zn/c11-9-6-5-7-3-1-2-4-8(7)10-9;;;/h1-6H,(H,10,11);2*1H;/q;;;+2/p-2. The van der Waals surface area contributed by atoms with Crippen LogP contribution >= 0.6 is 0 Å². The number of pyridine rings is 1. The summed E-state index contributed by atoms with van der Waals surface area (Å²) >= 11 is 0. The molecule has 1 aromatic carbocycles. The van der Waals surface area contributed by atoms with Gasteiger partial charge in [-0.15, -0.1) is 0 Å². The smallest absolute Gasteiger partial charge is 1.00 e. The zero-order valence-electron chi connectivity index (χ0n) is 7.34. The first-order chi connectivity index (χ1) is 5.36. The number of nitrogens with one attached hydrogen (secondary N) is 1. The summed E-state index contributed by atoms with van der Waals surface area (Å²) in [6.07, 6.45) is 0. The fraction of sp³-hybridized carbons (Fsp3) is 0. The van der Waals surface area contributed by atoms with Crippen molar-refractivity contribution >= 4 is 10.9 Å². The van der Waals surface area contributed by atoms with Crippen molar-refractivity contribution in [2.45, 2.75) is 0 Å². The first-order valence-corrected chi connectivity index (χ1v) is 3.44. The maximum atomic E-state index is 10.8. The molecule has 2 rings (SSSR count). The number of benzene rings is 1. The first kappa shape index (κ1) is 16.1. The summed E-state index contributed by atoms with van der Waals surface area (Å²) < 4.78 is 0. The van der Waals surface area contributed by atoms with Gasteiger partial charge >= 0.3 is 19.5 Å². The zero-order valence-corrected chi connectivity index (χ0v) is 11.8. The molecule has 0 saturated heterocycles. The molecule has 14 heavy (non-hydrogen) atoms. The van der Waals surface area contributed by atoms with Gasteiger partial charge in [-0.3, -0.25) is 4.79 Å². The van der Waals surface area contributed by atoms with Crippen molar-refractivity contribution in [2.75, 3.05) is 0 Å². The third kappa shape index (κ3) is 3.41. The van der Waals surface area contributed by atoms with Gasteiger partial charge in [0.1, 0.15) is 0 Å². The number of halogens is 2. The van der Waals surface area contributed by atoms with E-state index in [1.165, 1.54) is 6.07 Å². The monoisotopic (exact) mass is 279 g/mol. The Bertz CT molecular complexity index is 444. The predicted molar refractivity (Wildman–Crippen MR) is 44.6 cm³/mol. The molecule has 5 heteroatoms. The number of hydrogen-bond acceptors (Lipinski definition) is 1. The summed E-state index contributed by atoms with van der Waals surface area (Å²) in [4.78, 5) is 13.6. The molecule has 0 radical (unpaired) electrons. The minimum absolute atomic E-state index is 0. The van der Waals surface area contributed by atoms with Gasteiger partial charge in [0.05, 0.1) is 0 Å². The Morgan fingerprint density at radius 3 is 2.29 bits per heavy atom. The molecule has 1 heterocycles. The summed E-state index contributed by atoms with van der Waals surface area (Å²) in [5, 5.41) is 1.06. The van der Waals surface area contributed by atoms with Gasteiger partial charge < -0.3 is 29.8 Å². The van der Waals surface area contributed by atoms with E-state index in [0.717, 1.165) is 10.9 Å². The number of hydrogen-bond donors (Lipinski definition) is 1. The Morgan fingerprint density at radius 1 is 0.929 bits per heavy atom. The van der Waals surface area contributed by atoms with Gasteiger partial charge in [-0.25, -0.2) is 0 Å². The van der Waals surface area contributed by atoms with Crippen LogP contribution in [0.3, 0.4) is 0 Å². The maximum absolute atomic E-state index is 10.8. The molecule has 0 atom stereocenters. The Balaban J connectivity index is 0. The van der Waals surface area contributed by atoms with Crippen molar-refractivity contribution in [2.24, 2.45) is 0 Å². The van der Waals surface area contributed by atoms with E-state index >= 15 is 0 Å². The molecule has 0 spiro atoms. The molecule has 0 unspecified atom stereocenters. The average molecular weight is 281 g/mol. The summed E-state index contributed by atoms with van der Waals surface area (Å²) in [6.45, 7) is 0. The minimum Gasteiger partial charge on any atom is -1.00 e. The molecule has 0 aliphatic heterocycles. The fourth-order valence-corrected chi connectivity index (χ4v) is 1.10. The molecule has 0 aliphatic carbocycles. The summed E-state index contributed by atoms with van der Waals surface area (Å²) in [5.41, 5.74) is 0.837. The molecule has 0 saturated carbocycles. The summed E-state index contributed by atoms with van der Waals surface area (Å²) in [5.74, 6) is 0. The molecule has 0 bridgehead atoms. The van der Waals surface area contributed by atoms with E-state index < -0.39 is 0 Å². The maximum Gasteiger partial charge on any atom is 2.00 e. The van der Waals surface area contributed by atoms with Crippen molar-refractivity contribution in [1.82, 2.24) is 4.98 Å². The largest absolute Gasteiger partial charge is 2.00 e. The van der Waals surface area contributed by atoms with E-state index in [4.69, 9.17) is 0 Å². The SMILES string of the molecule is O=c1ccc2ccccc2[nH]1.[Cl-].[Cl-].[Zn+2]. The van der Waals surface area contributed by atoms with Crippen LogP contribution in [0.15, 0.2) is 41.2 Å². The molecule has 2 aromatic rings. The third-order valence-corrected chi connectivity index (χ3v) is 1.63. The number of H-pyrrole nitrogens is 1. The molecule has 1 aromatic heterocycles. The van der Waals surface area contributed by atoms with Crippen molar-refractivity contribution in [1.29, 1.82) is 0 Å². The van der Waals surface area contributed by atoms with Crippen LogP contribution in [0.5, 0.6) is 0 Å². The minimum atomic E-state index is -0.0521. The molecular formula is C9H7Cl2NOZn. The van der Waals surface area contributed by atoms with Crippen molar-refractivity contribution in [3.63, 3.8) is 0 Å². The average Bonchev–Trinajstić information content (AvgIpc) is 2.04. The molecule has 70 valence electrons. The normalized spacial score (nSPS) is 8.00. The predicted octanol–water partition coefficient (Wildman–Crippen LogP) is -4.47. The number of para-hydroxylation sites is 1. The van der Waals surface area contributed by atoms with E-state index in [-0.39, 0.29) is 49.9 Å². The fourth-order valence-electron chi connectivity index (χ4n) is 1.10. The van der Waals surface area contributed by atoms with E-state index in [2.05, 4.69) is 4.98 Å². The molecule has 2 nitrogen and oxygen atoms in total. The molecular weight excluding hydrogens is 274 g/mol. The Hall–Kier alpha value is -0.367. The number of fused-ring (bicyclic) bond motifs is 1. The molecule has 1 N–H and O–H groups in total. The molecule has 0 amide bonds. The van der Waals surface area contributed by atoms with Gasteiger partial charge in [0.25, 0.3) is 0 Å².